The molecule has 1 saturated carbocycles. The van der Waals surface area contributed by atoms with Gasteiger partial charge in [0.2, 0.25) is 5.91 Å². The van der Waals surface area contributed by atoms with E-state index >= 15 is 0 Å². The molecule has 5 rings (SSSR count). The van der Waals surface area contributed by atoms with Crippen LogP contribution in [-0.4, -0.2) is 66.9 Å². The van der Waals surface area contributed by atoms with Crippen molar-refractivity contribution >= 4 is 18.0 Å². The lowest BCUT2D eigenvalue weighted by atomic mass is 9.79. The topological polar surface area (TPSA) is 105 Å². The van der Waals surface area contributed by atoms with E-state index in [1.54, 1.807) is 11.9 Å². The van der Waals surface area contributed by atoms with Crippen LogP contribution in [0.2, 0.25) is 0 Å². The minimum Gasteiger partial charge on any atom is -0.481 e. The Morgan fingerprint density at radius 2 is 1.65 bits per heavy atom. The molecule has 34 heavy (non-hydrogen) atoms. The molecule has 0 spiro atoms. The van der Waals surface area contributed by atoms with Gasteiger partial charge in [-0.05, 0) is 35.1 Å². The van der Waals surface area contributed by atoms with Gasteiger partial charge >= 0.3 is 12.1 Å². The summed E-state index contributed by atoms with van der Waals surface area (Å²) >= 11 is 0. The maximum atomic E-state index is 13.0. The maximum absolute atomic E-state index is 13.0. The van der Waals surface area contributed by atoms with Gasteiger partial charge in [-0.15, -0.1) is 0 Å². The first-order chi connectivity index (χ1) is 16.4. The minimum atomic E-state index is -0.823. The first-order valence-corrected chi connectivity index (χ1v) is 11.6. The van der Waals surface area contributed by atoms with Crippen LogP contribution in [-0.2, 0) is 19.1 Å². The van der Waals surface area contributed by atoms with Crippen LogP contribution in [0.3, 0.4) is 0 Å². The smallest absolute Gasteiger partial charge is 0.407 e. The zero-order chi connectivity index (χ0) is 23.8. The Bertz CT molecular complexity index is 1070. The van der Waals surface area contributed by atoms with E-state index in [9.17, 15) is 14.4 Å². The van der Waals surface area contributed by atoms with E-state index in [0.717, 1.165) is 22.3 Å². The van der Waals surface area contributed by atoms with E-state index in [1.165, 1.54) is 0 Å². The summed E-state index contributed by atoms with van der Waals surface area (Å²) in [5.41, 5.74) is 4.59. The van der Waals surface area contributed by atoms with Crippen molar-refractivity contribution in [3.8, 4) is 11.1 Å². The zero-order valence-corrected chi connectivity index (χ0v) is 19.0. The van der Waals surface area contributed by atoms with E-state index < -0.39 is 29.9 Å². The summed E-state index contributed by atoms with van der Waals surface area (Å²) in [5, 5.41) is 11.9. The van der Waals surface area contributed by atoms with Crippen LogP contribution in [0, 0.1) is 11.8 Å². The zero-order valence-electron chi connectivity index (χ0n) is 19.0. The number of carbonyl (C=O) groups excluding carboxylic acids is 2. The molecule has 2 amide bonds. The van der Waals surface area contributed by atoms with Gasteiger partial charge in [0.15, 0.2) is 0 Å². The number of aliphatic carboxylic acids is 1. The lowest BCUT2D eigenvalue weighted by Gasteiger charge is -2.40. The number of rotatable bonds is 6. The van der Waals surface area contributed by atoms with Gasteiger partial charge in [-0.2, -0.15) is 0 Å². The fourth-order valence-corrected chi connectivity index (χ4v) is 5.28. The Balaban J connectivity index is 1.18. The van der Waals surface area contributed by atoms with Crippen molar-refractivity contribution in [2.45, 2.75) is 30.8 Å². The minimum absolute atomic E-state index is 0.0395. The molecule has 0 aromatic heterocycles. The molecule has 2 aliphatic carbocycles. The number of hydrogen-bond donors (Lipinski definition) is 2. The average molecular weight is 465 g/mol. The van der Waals surface area contributed by atoms with Crippen molar-refractivity contribution < 1.29 is 29.0 Å². The van der Waals surface area contributed by atoms with Gasteiger partial charge in [-0.3, -0.25) is 9.59 Å². The molecule has 2 atom stereocenters. The largest absolute Gasteiger partial charge is 0.481 e. The van der Waals surface area contributed by atoms with E-state index in [0.29, 0.717) is 12.8 Å². The van der Waals surface area contributed by atoms with Crippen molar-refractivity contribution in [2.24, 2.45) is 11.8 Å². The molecule has 2 aromatic rings. The second-order valence-electron chi connectivity index (χ2n) is 9.33. The lowest BCUT2D eigenvalue weighted by Crippen LogP contribution is -2.53. The van der Waals surface area contributed by atoms with E-state index in [-0.39, 0.29) is 37.7 Å². The standard InChI is InChI=1S/C26H28N2O6/c1-28(16-10-15(11-16)25(30)31)24(29)22-12-33-14-23(22)27-26(32)34-13-21-19-8-4-2-6-17(19)18-7-3-5-9-20(18)21/h2-9,15-16,21-23H,10-14H2,1H3,(H,27,32)(H,30,31). The molecule has 8 nitrogen and oxygen atoms in total. The highest BCUT2D eigenvalue weighted by atomic mass is 16.5. The van der Waals surface area contributed by atoms with Crippen LogP contribution < -0.4 is 5.32 Å². The monoisotopic (exact) mass is 464 g/mol. The van der Waals surface area contributed by atoms with Crippen molar-refractivity contribution in [3.05, 3.63) is 59.7 Å². The van der Waals surface area contributed by atoms with Crippen LogP contribution in [0.1, 0.15) is 29.9 Å². The fraction of sp³-hybridized carbons (Fsp3) is 0.423. The van der Waals surface area contributed by atoms with Crippen LogP contribution in [0.5, 0.6) is 0 Å². The van der Waals surface area contributed by atoms with E-state index in [1.807, 2.05) is 24.3 Å². The van der Waals surface area contributed by atoms with Crippen LogP contribution in [0.25, 0.3) is 11.1 Å². The quantitative estimate of drug-likeness (QED) is 0.681. The number of carboxylic acid groups (broad SMARTS) is 1. The number of fused-ring (bicyclic) bond motifs is 3. The number of amides is 2. The van der Waals surface area contributed by atoms with Crippen LogP contribution in [0.4, 0.5) is 4.79 Å². The van der Waals surface area contributed by atoms with Gasteiger partial charge in [-0.25, -0.2) is 4.79 Å². The molecule has 8 heteroatoms. The number of ether oxygens (including phenoxy) is 2. The molecule has 2 fully saturated rings. The van der Waals surface area contributed by atoms with Crippen molar-refractivity contribution in [2.75, 3.05) is 26.9 Å². The molecular formula is C26H28N2O6. The first-order valence-electron chi connectivity index (χ1n) is 11.6. The normalized spacial score (nSPS) is 25.1. The Morgan fingerprint density at radius 1 is 1.03 bits per heavy atom. The number of nitrogens with one attached hydrogen (secondary N) is 1. The summed E-state index contributed by atoms with van der Waals surface area (Å²) in [7, 11) is 1.69. The second kappa shape index (κ2) is 9.10. The summed E-state index contributed by atoms with van der Waals surface area (Å²) in [6.07, 6.45) is 0.332. The van der Waals surface area contributed by atoms with Gasteiger partial charge in [0.1, 0.15) is 6.61 Å². The highest BCUT2D eigenvalue weighted by Gasteiger charge is 2.43. The van der Waals surface area contributed by atoms with Crippen molar-refractivity contribution in [1.82, 2.24) is 10.2 Å². The van der Waals surface area contributed by atoms with Gasteiger partial charge in [0.25, 0.3) is 0 Å². The molecule has 1 heterocycles. The molecule has 178 valence electrons. The summed E-state index contributed by atoms with van der Waals surface area (Å²) in [5.74, 6) is -1.92. The average Bonchev–Trinajstić information content (AvgIpc) is 3.38. The lowest BCUT2D eigenvalue weighted by molar-refractivity contribution is -0.151. The Labute approximate surface area is 197 Å². The third-order valence-corrected chi connectivity index (χ3v) is 7.40. The predicted octanol–water partition coefficient (Wildman–Crippen LogP) is 2.86. The third-order valence-electron chi connectivity index (χ3n) is 7.40. The maximum Gasteiger partial charge on any atom is 0.407 e. The Hall–Kier alpha value is -3.39. The molecule has 0 bridgehead atoms. The summed E-state index contributed by atoms with van der Waals surface area (Å²) in [6.45, 7) is 0.647. The second-order valence-corrected chi connectivity index (χ2v) is 9.33. The number of benzene rings is 2. The first kappa shape index (κ1) is 22.4. The van der Waals surface area contributed by atoms with E-state index in [4.69, 9.17) is 14.6 Å². The molecule has 2 aromatic carbocycles. The number of nitrogens with zero attached hydrogens (tertiary/aromatic N) is 1. The Kier molecular flexibility index (Phi) is 6.00. The summed E-state index contributed by atoms with van der Waals surface area (Å²) < 4.78 is 11.1. The molecular weight excluding hydrogens is 436 g/mol. The summed E-state index contributed by atoms with van der Waals surface area (Å²) in [6, 6.07) is 15.7. The molecule has 2 N–H and O–H groups in total. The highest BCUT2D eigenvalue weighted by Crippen LogP contribution is 2.44. The molecule has 0 radical (unpaired) electrons. The van der Waals surface area contributed by atoms with E-state index in [2.05, 4.69) is 29.6 Å². The SMILES string of the molecule is CN(C(=O)C1COCC1NC(=O)OCC1c2ccccc2-c2ccccc21)C1CC(C(=O)O)C1. The molecule has 3 aliphatic rings. The molecule has 2 unspecified atom stereocenters. The van der Waals surface area contributed by atoms with Crippen LogP contribution >= 0.6 is 0 Å². The molecule has 1 saturated heterocycles. The summed E-state index contributed by atoms with van der Waals surface area (Å²) in [4.78, 5) is 38.3. The van der Waals surface area contributed by atoms with Gasteiger partial charge < -0.3 is 24.8 Å². The fourth-order valence-electron chi connectivity index (χ4n) is 5.28. The third kappa shape index (κ3) is 4.03. The Morgan fingerprint density at radius 3 is 2.26 bits per heavy atom. The predicted molar refractivity (Wildman–Crippen MR) is 123 cm³/mol. The number of alkyl carbamates (subject to hydrolysis) is 1. The van der Waals surface area contributed by atoms with Crippen LogP contribution in [0.15, 0.2) is 48.5 Å². The van der Waals surface area contributed by atoms with Gasteiger partial charge in [-0.1, -0.05) is 48.5 Å². The molecule has 1 aliphatic heterocycles. The van der Waals surface area contributed by atoms with Crippen molar-refractivity contribution in [3.63, 3.8) is 0 Å². The number of hydrogen-bond acceptors (Lipinski definition) is 5. The van der Waals surface area contributed by atoms with Gasteiger partial charge in [0.05, 0.1) is 31.1 Å². The number of carbonyl (C=O) groups is 3. The van der Waals surface area contributed by atoms with Gasteiger partial charge in [0, 0.05) is 19.0 Å². The van der Waals surface area contributed by atoms with Crippen molar-refractivity contribution in [1.29, 1.82) is 0 Å². The number of carboxylic acids is 1. The highest BCUT2D eigenvalue weighted by molar-refractivity contribution is 5.82.